The topological polar surface area (TPSA) is 27.8 Å². The minimum atomic E-state index is 0.814. The lowest BCUT2D eigenvalue weighted by Gasteiger charge is -2.27. The summed E-state index contributed by atoms with van der Waals surface area (Å²) in [5, 5.41) is 3.64. The second-order valence-electron chi connectivity index (χ2n) is 5.65. The lowest BCUT2D eigenvalue weighted by atomic mass is 9.85. The SMILES string of the molecule is C1=C\CC2Cc3[nH]c4c(c3\C=C/1)NCC(C4)C2. The molecule has 2 aliphatic heterocycles. The molecule has 2 unspecified atom stereocenters. The molecule has 3 aliphatic rings. The Hall–Kier alpha value is -1.44. The van der Waals surface area contributed by atoms with Gasteiger partial charge in [0.15, 0.2) is 0 Å². The monoisotopic (exact) mass is 226 g/mol. The molecular formula is C15H18N2. The first-order chi connectivity index (χ1) is 8.40. The maximum atomic E-state index is 3.67. The molecule has 4 bridgehead atoms. The molecule has 88 valence electrons. The third kappa shape index (κ3) is 1.47. The molecule has 0 aromatic carbocycles. The fraction of sp³-hybridized carbons (Fsp3) is 0.467. The summed E-state index contributed by atoms with van der Waals surface area (Å²) >= 11 is 0. The van der Waals surface area contributed by atoms with Gasteiger partial charge >= 0.3 is 0 Å². The van der Waals surface area contributed by atoms with Crippen LogP contribution in [0.3, 0.4) is 0 Å². The second kappa shape index (κ2) is 3.52. The van der Waals surface area contributed by atoms with Gasteiger partial charge in [0.25, 0.3) is 0 Å². The zero-order chi connectivity index (χ0) is 11.2. The van der Waals surface area contributed by atoms with Crippen LogP contribution in [0.25, 0.3) is 6.08 Å². The van der Waals surface area contributed by atoms with Crippen LogP contribution in [-0.4, -0.2) is 11.5 Å². The predicted molar refractivity (Wildman–Crippen MR) is 71.1 cm³/mol. The van der Waals surface area contributed by atoms with Gasteiger partial charge in [0.2, 0.25) is 0 Å². The first-order valence-corrected chi connectivity index (χ1v) is 6.71. The maximum Gasteiger partial charge on any atom is 0.0627 e. The molecule has 1 aromatic rings. The highest BCUT2D eigenvalue weighted by molar-refractivity contribution is 5.73. The molecule has 1 aliphatic carbocycles. The van der Waals surface area contributed by atoms with E-state index < -0.39 is 0 Å². The summed E-state index contributed by atoms with van der Waals surface area (Å²) in [6.07, 6.45) is 14.0. The van der Waals surface area contributed by atoms with E-state index in [9.17, 15) is 0 Å². The van der Waals surface area contributed by atoms with E-state index in [1.807, 2.05) is 0 Å². The normalized spacial score (nSPS) is 32.9. The summed E-state index contributed by atoms with van der Waals surface area (Å²) in [6.45, 7) is 1.16. The van der Waals surface area contributed by atoms with Crippen molar-refractivity contribution < 1.29 is 0 Å². The van der Waals surface area contributed by atoms with Gasteiger partial charge in [-0.3, -0.25) is 0 Å². The first-order valence-electron chi connectivity index (χ1n) is 6.71. The minimum absolute atomic E-state index is 0.814. The predicted octanol–water partition coefficient (Wildman–Crippen LogP) is 3.13. The molecule has 2 N–H and O–H groups in total. The van der Waals surface area contributed by atoms with Crippen molar-refractivity contribution in [2.75, 3.05) is 11.9 Å². The highest BCUT2D eigenvalue weighted by Crippen LogP contribution is 2.39. The number of rotatable bonds is 0. The van der Waals surface area contributed by atoms with Gasteiger partial charge in [0.05, 0.1) is 5.69 Å². The molecule has 0 spiro atoms. The van der Waals surface area contributed by atoms with E-state index in [0.717, 1.165) is 18.4 Å². The fourth-order valence-corrected chi connectivity index (χ4v) is 3.62. The molecule has 17 heavy (non-hydrogen) atoms. The number of aromatic nitrogens is 1. The Morgan fingerprint density at radius 1 is 1.06 bits per heavy atom. The summed E-state index contributed by atoms with van der Waals surface area (Å²) in [5.41, 5.74) is 5.69. The zero-order valence-corrected chi connectivity index (χ0v) is 10.00. The van der Waals surface area contributed by atoms with Crippen molar-refractivity contribution in [3.63, 3.8) is 0 Å². The number of fused-ring (bicyclic) bond motifs is 3. The van der Waals surface area contributed by atoms with Gasteiger partial charge in [-0.2, -0.15) is 0 Å². The van der Waals surface area contributed by atoms with Gasteiger partial charge in [0, 0.05) is 23.5 Å². The van der Waals surface area contributed by atoms with Gasteiger partial charge < -0.3 is 10.3 Å². The molecule has 1 aromatic heterocycles. The van der Waals surface area contributed by atoms with Crippen LogP contribution in [0.15, 0.2) is 18.2 Å². The first kappa shape index (κ1) is 9.58. The third-order valence-electron chi connectivity index (χ3n) is 4.40. The highest BCUT2D eigenvalue weighted by Gasteiger charge is 2.29. The van der Waals surface area contributed by atoms with Crippen LogP contribution in [0, 0.1) is 11.8 Å². The van der Waals surface area contributed by atoms with Crippen molar-refractivity contribution in [3.05, 3.63) is 35.2 Å². The van der Waals surface area contributed by atoms with Gasteiger partial charge in [0.1, 0.15) is 0 Å². The van der Waals surface area contributed by atoms with Crippen LogP contribution in [0.5, 0.6) is 0 Å². The smallest absolute Gasteiger partial charge is 0.0627 e. The van der Waals surface area contributed by atoms with Gasteiger partial charge in [-0.15, -0.1) is 0 Å². The molecule has 0 amide bonds. The van der Waals surface area contributed by atoms with E-state index in [1.54, 1.807) is 0 Å². The molecule has 0 radical (unpaired) electrons. The minimum Gasteiger partial charge on any atom is -0.383 e. The Kier molecular flexibility index (Phi) is 1.99. The second-order valence-corrected chi connectivity index (χ2v) is 5.65. The number of nitrogens with one attached hydrogen (secondary N) is 2. The number of allylic oxidation sites excluding steroid dienone is 3. The summed E-state index contributed by atoms with van der Waals surface area (Å²) in [7, 11) is 0. The fourth-order valence-electron chi connectivity index (χ4n) is 3.62. The van der Waals surface area contributed by atoms with Crippen molar-refractivity contribution in [2.24, 2.45) is 11.8 Å². The Bertz CT molecular complexity index is 507. The Balaban J connectivity index is 1.94. The summed E-state index contributed by atoms with van der Waals surface area (Å²) in [5.74, 6) is 1.64. The Morgan fingerprint density at radius 3 is 3.00 bits per heavy atom. The molecule has 0 saturated heterocycles. The van der Waals surface area contributed by atoms with Crippen molar-refractivity contribution >= 4 is 11.8 Å². The molecule has 2 heteroatoms. The van der Waals surface area contributed by atoms with Crippen LogP contribution in [-0.2, 0) is 12.8 Å². The lowest BCUT2D eigenvalue weighted by molar-refractivity contribution is 0.364. The lowest BCUT2D eigenvalue weighted by Crippen LogP contribution is -2.26. The summed E-state index contributed by atoms with van der Waals surface area (Å²) in [6, 6.07) is 0. The molecule has 0 fully saturated rings. The van der Waals surface area contributed by atoms with Gasteiger partial charge in [-0.1, -0.05) is 24.3 Å². The number of hydrogen-bond donors (Lipinski definition) is 2. The molecule has 2 nitrogen and oxygen atoms in total. The average Bonchev–Trinajstić information content (AvgIpc) is 2.68. The maximum absolute atomic E-state index is 3.67. The van der Waals surface area contributed by atoms with Crippen LogP contribution >= 0.6 is 0 Å². The summed E-state index contributed by atoms with van der Waals surface area (Å²) in [4.78, 5) is 3.67. The van der Waals surface area contributed by atoms with Crippen LogP contribution in [0.4, 0.5) is 5.69 Å². The summed E-state index contributed by atoms with van der Waals surface area (Å²) < 4.78 is 0. The number of aromatic amines is 1. The molecule has 3 heterocycles. The van der Waals surface area contributed by atoms with Crippen molar-refractivity contribution in [3.8, 4) is 0 Å². The number of anilines is 1. The number of hydrogen-bond acceptors (Lipinski definition) is 1. The Labute approximate surface area is 102 Å². The van der Waals surface area contributed by atoms with E-state index in [-0.39, 0.29) is 0 Å². The highest BCUT2D eigenvalue weighted by atomic mass is 15.0. The number of H-pyrrole nitrogens is 1. The van der Waals surface area contributed by atoms with E-state index in [2.05, 4.69) is 34.6 Å². The van der Waals surface area contributed by atoms with E-state index >= 15 is 0 Å². The zero-order valence-electron chi connectivity index (χ0n) is 10.00. The van der Waals surface area contributed by atoms with Crippen LogP contribution in [0.1, 0.15) is 29.8 Å². The third-order valence-corrected chi connectivity index (χ3v) is 4.40. The average molecular weight is 226 g/mol. The molecule has 0 saturated carbocycles. The van der Waals surface area contributed by atoms with E-state index in [4.69, 9.17) is 0 Å². The van der Waals surface area contributed by atoms with Crippen LogP contribution in [0.2, 0.25) is 0 Å². The van der Waals surface area contributed by atoms with E-state index in [1.165, 1.54) is 48.3 Å². The van der Waals surface area contributed by atoms with Gasteiger partial charge in [-0.05, 0) is 37.5 Å². The van der Waals surface area contributed by atoms with Crippen molar-refractivity contribution in [2.45, 2.75) is 25.7 Å². The van der Waals surface area contributed by atoms with Gasteiger partial charge in [-0.25, -0.2) is 0 Å². The molecule has 2 atom stereocenters. The van der Waals surface area contributed by atoms with Crippen molar-refractivity contribution in [1.29, 1.82) is 0 Å². The standard InChI is InChI=1S/C15H18N2/c1-2-4-10-6-11-8-14-15(16-9-11)12(5-3-1)13(7-10)17-14/h1-3,5,10-11,16-17H,4,6-9H2/b2-1-,5-3-. The molecular weight excluding hydrogens is 208 g/mol. The van der Waals surface area contributed by atoms with E-state index in [0.29, 0.717) is 0 Å². The van der Waals surface area contributed by atoms with Crippen LogP contribution < -0.4 is 5.32 Å². The van der Waals surface area contributed by atoms with Crippen molar-refractivity contribution in [1.82, 2.24) is 4.98 Å². The Morgan fingerprint density at radius 2 is 2.00 bits per heavy atom. The quantitative estimate of drug-likeness (QED) is 0.699. The largest absolute Gasteiger partial charge is 0.383 e. The molecule has 4 rings (SSSR count).